The number of hydrogen-bond acceptors (Lipinski definition) is 3. The van der Waals surface area contributed by atoms with Gasteiger partial charge < -0.3 is 11.1 Å². The van der Waals surface area contributed by atoms with Gasteiger partial charge in [-0.15, -0.1) is 0 Å². The Hall–Kier alpha value is -2.14. The summed E-state index contributed by atoms with van der Waals surface area (Å²) < 4.78 is 0. The number of anilines is 1. The van der Waals surface area contributed by atoms with Crippen LogP contribution in [0.1, 0.15) is 28.4 Å². The van der Waals surface area contributed by atoms with Crippen LogP contribution in [0.25, 0.3) is 0 Å². The lowest BCUT2D eigenvalue weighted by molar-refractivity contribution is 0.102. The summed E-state index contributed by atoms with van der Waals surface area (Å²) in [6, 6.07) is 7.23. The fourth-order valence-corrected chi connectivity index (χ4v) is 1.67. The second-order valence-corrected chi connectivity index (χ2v) is 3.98. The Kier molecular flexibility index (Phi) is 3.74. The van der Waals surface area contributed by atoms with Crippen molar-refractivity contribution in [1.29, 1.82) is 0 Å². The van der Waals surface area contributed by atoms with Gasteiger partial charge in [-0.1, -0.05) is 19.1 Å². The minimum atomic E-state index is -0.155. The van der Waals surface area contributed by atoms with E-state index in [1.165, 1.54) is 0 Å². The van der Waals surface area contributed by atoms with Crippen molar-refractivity contribution < 1.29 is 4.79 Å². The zero-order valence-corrected chi connectivity index (χ0v) is 10.2. The maximum atomic E-state index is 12.0. The molecule has 5 heteroatoms. The summed E-state index contributed by atoms with van der Waals surface area (Å²) >= 11 is 0. The van der Waals surface area contributed by atoms with Crippen molar-refractivity contribution in [3.8, 4) is 0 Å². The summed E-state index contributed by atoms with van der Waals surface area (Å²) in [6.07, 6.45) is 2.53. The molecule has 0 spiro atoms. The van der Waals surface area contributed by atoms with Crippen molar-refractivity contribution in [2.45, 2.75) is 19.9 Å². The smallest absolute Gasteiger partial charge is 0.256 e. The maximum Gasteiger partial charge on any atom is 0.256 e. The molecule has 0 aliphatic rings. The average Bonchev–Trinajstić information content (AvgIpc) is 2.86. The number of aryl methyl sites for hydroxylation is 1. The van der Waals surface area contributed by atoms with Crippen molar-refractivity contribution in [1.82, 2.24) is 10.2 Å². The molecule has 4 N–H and O–H groups in total. The van der Waals surface area contributed by atoms with Gasteiger partial charge in [0.15, 0.2) is 0 Å². The predicted octanol–water partition coefficient (Wildman–Crippen LogP) is 1.68. The van der Waals surface area contributed by atoms with Crippen molar-refractivity contribution in [3.63, 3.8) is 0 Å². The number of H-pyrrole nitrogens is 1. The highest BCUT2D eigenvalue weighted by Gasteiger charge is 2.09. The lowest BCUT2D eigenvalue weighted by atomic mass is 10.1. The summed E-state index contributed by atoms with van der Waals surface area (Å²) in [5, 5.41) is 9.50. The van der Waals surface area contributed by atoms with Gasteiger partial charge in [0.05, 0.1) is 6.20 Å². The van der Waals surface area contributed by atoms with Gasteiger partial charge >= 0.3 is 0 Å². The van der Waals surface area contributed by atoms with E-state index in [-0.39, 0.29) is 5.91 Å². The molecule has 5 nitrogen and oxygen atoms in total. The topological polar surface area (TPSA) is 83.8 Å². The number of carbonyl (C=O) groups excluding carboxylic acids is 1. The highest BCUT2D eigenvalue weighted by molar-refractivity contribution is 6.04. The van der Waals surface area contributed by atoms with E-state index in [1.807, 2.05) is 19.1 Å². The molecule has 2 rings (SSSR count). The average molecular weight is 244 g/mol. The van der Waals surface area contributed by atoms with Crippen LogP contribution in [0.2, 0.25) is 0 Å². The molecule has 0 aliphatic heterocycles. The lowest BCUT2D eigenvalue weighted by Gasteiger charge is -2.05. The Morgan fingerprint density at radius 3 is 2.72 bits per heavy atom. The lowest BCUT2D eigenvalue weighted by Crippen LogP contribution is -2.13. The van der Waals surface area contributed by atoms with Gasteiger partial charge in [-0.3, -0.25) is 9.89 Å². The zero-order chi connectivity index (χ0) is 13.0. The molecule has 18 heavy (non-hydrogen) atoms. The van der Waals surface area contributed by atoms with Gasteiger partial charge in [-0.25, -0.2) is 0 Å². The quantitative estimate of drug-likeness (QED) is 0.765. The van der Waals surface area contributed by atoms with Crippen LogP contribution >= 0.6 is 0 Å². The largest absolute Gasteiger partial charge is 0.326 e. The van der Waals surface area contributed by atoms with E-state index in [0.717, 1.165) is 17.5 Å². The van der Waals surface area contributed by atoms with Crippen LogP contribution in [0.5, 0.6) is 0 Å². The molecule has 0 radical (unpaired) electrons. The molecule has 94 valence electrons. The van der Waals surface area contributed by atoms with Crippen molar-refractivity contribution in [2.75, 3.05) is 5.32 Å². The van der Waals surface area contributed by atoms with E-state index in [2.05, 4.69) is 15.5 Å². The highest BCUT2D eigenvalue weighted by atomic mass is 16.1. The molecule has 0 saturated heterocycles. The molecule has 0 atom stereocenters. The minimum absolute atomic E-state index is 0.155. The molecule has 1 heterocycles. The van der Waals surface area contributed by atoms with Gasteiger partial charge in [0, 0.05) is 17.7 Å². The third-order valence-corrected chi connectivity index (χ3v) is 2.79. The Balaban J connectivity index is 2.11. The fourth-order valence-electron chi connectivity index (χ4n) is 1.67. The predicted molar refractivity (Wildman–Crippen MR) is 70.3 cm³/mol. The first-order chi connectivity index (χ1) is 8.74. The number of benzene rings is 1. The molecule has 0 fully saturated rings. The van der Waals surface area contributed by atoms with E-state index < -0.39 is 0 Å². The SMILES string of the molecule is CCc1cn[nH]c1NC(=O)c1ccc(CN)cc1. The number of rotatable bonds is 4. The highest BCUT2D eigenvalue weighted by Crippen LogP contribution is 2.13. The Morgan fingerprint density at radius 2 is 2.11 bits per heavy atom. The number of aromatic amines is 1. The first kappa shape index (κ1) is 12.3. The van der Waals surface area contributed by atoms with E-state index >= 15 is 0 Å². The molecule has 2 aromatic rings. The van der Waals surface area contributed by atoms with Gasteiger partial charge in [0.25, 0.3) is 5.91 Å². The molecule has 1 amide bonds. The standard InChI is InChI=1S/C13H16N4O/c1-2-10-8-15-17-12(10)16-13(18)11-5-3-9(7-14)4-6-11/h3-6,8H,2,7,14H2,1H3,(H2,15,16,17,18). The first-order valence-electron chi connectivity index (χ1n) is 5.87. The van der Waals surface area contributed by atoms with Crippen molar-refractivity contribution in [2.24, 2.45) is 5.73 Å². The number of amides is 1. The van der Waals surface area contributed by atoms with Crippen LogP contribution in [0.4, 0.5) is 5.82 Å². The third kappa shape index (κ3) is 2.57. The Morgan fingerprint density at radius 1 is 1.39 bits per heavy atom. The van der Waals surface area contributed by atoms with Crippen LogP contribution in [-0.4, -0.2) is 16.1 Å². The maximum absolute atomic E-state index is 12.0. The van der Waals surface area contributed by atoms with Gasteiger partial charge in [-0.05, 0) is 24.1 Å². The van der Waals surface area contributed by atoms with Crippen LogP contribution < -0.4 is 11.1 Å². The normalized spacial score (nSPS) is 10.3. The third-order valence-electron chi connectivity index (χ3n) is 2.79. The summed E-state index contributed by atoms with van der Waals surface area (Å²) in [4.78, 5) is 12.0. The number of nitrogens with zero attached hydrogens (tertiary/aromatic N) is 1. The van der Waals surface area contributed by atoms with E-state index in [0.29, 0.717) is 17.9 Å². The van der Waals surface area contributed by atoms with E-state index in [4.69, 9.17) is 5.73 Å². The minimum Gasteiger partial charge on any atom is -0.326 e. The van der Waals surface area contributed by atoms with Crippen molar-refractivity contribution >= 4 is 11.7 Å². The first-order valence-corrected chi connectivity index (χ1v) is 5.87. The zero-order valence-electron chi connectivity index (χ0n) is 10.2. The Bertz CT molecular complexity index is 530. The van der Waals surface area contributed by atoms with Gasteiger partial charge in [-0.2, -0.15) is 5.10 Å². The summed E-state index contributed by atoms with van der Waals surface area (Å²) in [7, 11) is 0. The molecular formula is C13H16N4O. The molecule has 0 unspecified atom stereocenters. The van der Waals surface area contributed by atoms with Crippen LogP contribution in [0, 0.1) is 0 Å². The van der Waals surface area contributed by atoms with E-state index in [1.54, 1.807) is 18.3 Å². The Labute approximate surface area is 105 Å². The van der Waals surface area contributed by atoms with Crippen LogP contribution in [0.3, 0.4) is 0 Å². The second-order valence-electron chi connectivity index (χ2n) is 3.98. The molecular weight excluding hydrogens is 228 g/mol. The number of carbonyl (C=O) groups is 1. The molecule has 0 bridgehead atoms. The number of nitrogens with two attached hydrogens (primary N) is 1. The molecule has 0 aliphatic carbocycles. The van der Waals surface area contributed by atoms with Gasteiger partial charge in [0.2, 0.25) is 0 Å². The van der Waals surface area contributed by atoms with Crippen LogP contribution in [-0.2, 0) is 13.0 Å². The summed E-state index contributed by atoms with van der Waals surface area (Å²) in [5.74, 6) is 0.503. The molecule has 1 aromatic heterocycles. The monoisotopic (exact) mass is 244 g/mol. The van der Waals surface area contributed by atoms with Crippen LogP contribution in [0.15, 0.2) is 30.5 Å². The fraction of sp³-hybridized carbons (Fsp3) is 0.231. The van der Waals surface area contributed by atoms with Gasteiger partial charge in [0.1, 0.15) is 5.82 Å². The number of aromatic nitrogens is 2. The summed E-state index contributed by atoms with van der Waals surface area (Å²) in [5.41, 5.74) is 8.10. The van der Waals surface area contributed by atoms with E-state index in [9.17, 15) is 4.79 Å². The molecule has 0 saturated carbocycles. The summed E-state index contributed by atoms with van der Waals surface area (Å²) in [6.45, 7) is 2.49. The molecule has 1 aromatic carbocycles. The van der Waals surface area contributed by atoms with Crippen molar-refractivity contribution in [3.05, 3.63) is 47.2 Å². The second kappa shape index (κ2) is 5.46. The number of nitrogens with one attached hydrogen (secondary N) is 2. The number of hydrogen-bond donors (Lipinski definition) is 3.